The molecule has 3 saturated carbocycles. The average molecular weight is 773 g/mol. The second kappa shape index (κ2) is 14.2. The van der Waals surface area contributed by atoms with Crippen LogP contribution < -0.4 is 15.4 Å². The van der Waals surface area contributed by atoms with Gasteiger partial charge in [0, 0.05) is 40.6 Å². The maximum atomic E-state index is 13.6. The van der Waals surface area contributed by atoms with E-state index in [0.717, 1.165) is 48.3 Å². The van der Waals surface area contributed by atoms with Crippen molar-refractivity contribution in [1.29, 1.82) is 0 Å². The maximum Gasteiger partial charge on any atom is 0.340 e. The van der Waals surface area contributed by atoms with Crippen LogP contribution in [0.15, 0.2) is 66.2 Å². The summed E-state index contributed by atoms with van der Waals surface area (Å²) in [6.07, 6.45) is 16.8. The van der Waals surface area contributed by atoms with Crippen molar-refractivity contribution in [2.24, 2.45) is 46.3 Å². The largest absolute Gasteiger partial charge is 0.508 e. The Morgan fingerprint density at radius 3 is 2.30 bits per heavy atom. The minimum atomic E-state index is -1.34. The summed E-state index contributed by atoms with van der Waals surface area (Å²) in [4.78, 5) is 27.0. The van der Waals surface area contributed by atoms with E-state index in [4.69, 9.17) is 9.47 Å². The van der Waals surface area contributed by atoms with Crippen molar-refractivity contribution in [3.8, 4) is 23.0 Å². The fraction of sp³-hybridized carbons (Fsp3) is 0.551. The lowest BCUT2D eigenvalue weighted by Crippen LogP contribution is -2.52. The maximum absolute atomic E-state index is 13.6. The molecule has 0 radical (unpaired) electrons. The molecule has 3 fully saturated rings. The summed E-state index contributed by atoms with van der Waals surface area (Å²) in [5.41, 5.74) is 3.59. The van der Waals surface area contributed by atoms with Gasteiger partial charge < -0.3 is 30.3 Å². The third-order valence-corrected chi connectivity index (χ3v) is 15.9. The number of ether oxygens (including phenoxy) is 2. The van der Waals surface area contributed by atoms with Gasteiger partial charge in [0.15, 0.2) is 5.60 Å². The standard InChI is InChI=1S/C49H60N2O6/c1-28(2)7-6-8-29(3)37-17-18-38-35-13-9-30-23-31(19-21-47(30,4)39(35)20-22-48(37,38)5)50-27-45(54)51-32-10-14-40-36(24-32)46(55)57-49(40)41-15-11-33(52)25-43(41)56-44-26-34(53)12-16-42(44)49/h9-12,14-16,24-26,28-29,31,35,37-39,50,52-53H,6-8,13,17-23,27H2,1-5H3,(H,51,54)/t29-,31+,35+,37-,38+,39+,47+,48-/m1/s1. The molecule has 0 aromatic heterocycles. The van der Waals surface area contributed by atoms with Gasteiger partial charge in [0.25, 0.3) is 0 Å². The molecule has 1 amide bonds. The predicted molar refractivity (Wildman–Crippen MR) is 221 cm³/mol. The zero-order valence-electron chi connectivity index (χ0n) is 34.3. The van der Waals surface area contributed by atoms with E-state index < -0.39 is 11.6 Å². The quantitative estimate of drug-likeness (QED) is 0.126. The van der Waals surface area contributed by atoms with E-state index in [2.05, 4.69) is 51.3 Å². The molecule has 0 saturated heterocycles. The molecule has 3 aromatic rings. The molecular weight excluding hydrogens is 713 g/mol. The Morgan fingerprint density at radius 2 is 1.58 bits per heavy atom. The van der Waals surface area contributed by atoms with Crippen molar-refractivity contribution in [3.05, 3.63) is 88.5 Å². The summed E-state index contributed by atoms with van der Waals surface area (Å²) < 4.78 is 12.3. The number of fused-ring (bicyclic) bond motifs is 11. The molecule has 8 atom stereocenters. The summed E-state index contributed by atoms with van der Waals surface area (Å²) in [5, 5.41) is 27.0. The van der Waals surface area contributed by atoms with E-state index in [0.29, 0.717) is 44.9 Å². The number of hydrogen-bond acceptors (Lipinski definition) is 7. The van der Waals surface area contributed by atoms with Gasteiger partial charge >= 0.3 is 5.97 Å². The van der Waals surface area contributed by atoms with Gasteiger partial charge in [-0.2, -0.15) is 0 Å². The Hall–Kier alpha value is -4.30. The second-order valence-electron chi connectivity index (χ2n) is 19.5. The second-order valence-corrected chi connectivity index (χ2v) is 19.5. The Kier molecular flexibility index (Phi) is 9.53. The number of anilines is 1. The molecule has 0 bridgehead atoms. The Morgan fingerprint density at radius 1 is 0.860 bits per heavy atom. The zero-order chi connectivity index (χ0) is 39.9. The van der Waals surface area contributed by atoms with Crippen LogP contribution in [0.25, 0.3) is 0 Å². The number of hydrogen-bond donors (Lipinski definition) is 4. The van der Waals surface area contributed by atoms with Crippen LogP contribution in [-0.2, 0) is 15.1 Å². The molecule has 8 nitrogen and oxygen atoms in total. The van der Waals surface area contributed by atoms with Crippen LogP contribution in [0.3, 0.4) is 0 Å². The third-order valence-electron chi connectivity index (χ3n) is 15.9. The van der Waals surface area contributed by atoms with Gasteiger partial charge in [0.2, 0.25) is 5.91 Å². The van der Waals surface area contributed by atoms with Crippen molar-refractivity contribution >= 4 is 17.6 Å². The summed E-state index contributed by atoms with van der Waals surface area (Å²) in [7, 11) is 0. The van der Waals surface area contributed by atoms with Crippen molar-refractivity contribution < 1.29 is 29.3 Å². The highest BCUT2D eigenvalue weighted by Gasteiger charge is 2.59. The Balaban J connectivity index is 0.848. The average Bonchev–Trinajstić information content (AvgIpc) is 3.67. The number of esters is 1. The van der Waals surface area contributed by atoms with Gasteiger partial charge in [-0.05, 0) is 134 Å². The zero-order valence-corrected chi connectivity index (χ0v) is 34.3. The molecule has 6 aliphatic rings. The number of aromatic hydroxyl groups is 2. The molecular formula is C49H60N2O6. The number of phenols is 2. The highest BCUT2D eigenvalue weighted by molar-refractivity contribution is 6.00. The molecule has 57 heavy (non-hydrogen) atoms. The molecule has 2 heterocycles. The van der Waals surface area contributed by atoms with Crippen molar-refractivity contribution in [2.45, 2.75) is 117 Å². The Labute approximate surface area is 337 Å². The SMILES string of the molecule is CC(C)CCC[C@@H](C)[C@H]1CC[C@H]2[C@@H]3CC=C4C[C@@H](NCC(=O)Nc5ccc6c(c5)C(=O)OC65c6ccc(O)cc6Oc6cc(O)ccc65)CC[C@]4(C)[C@H]3CC[C@]12C. The fourth-order valence-electron chi connectivity index (χ4n) is 13.1. The molecule has 9 rings (SSSR count). The summed E-state index contributed by atoms with van der Waals surface area (Å²) in [6, 6.07) is 14.9. The van der Waals surface area contributed by atoms with Crippen LogP contribution >= 0.6 is 0 Å². The summed E-state index contributed by atoms with van der Waals surface area (Å²) in [5.74, 6) is 4.88. The van der Waals surface area contributed by atoms with Crippen LogP contribution in [0.4, 0.5) is 5.69 Å². The molecule has 4 N–H and O–H groups in total. The van der Waals surface area contributed by atoms with Crippen molar-refractivity contribution in [2.75, 3.05) is 11.9 Å². The van der Waals surface area contributed by atoms with Gasteiger partial charge in [0.1, 0.15) is 23.0 Å². The first kappa shape index (κ1) is 38.2. The first-order valence-corrected chi connectivity index (χ1v) is 21.8. The molecule has 8 heteroatoms. The molecule has 302 valence electrons. The van der Waals surface area contributed by atoms with E-state index in [9.17, 15) is 19.8 Å². The van der Waals surface area contributed by atoms with Crippen LogP contribution in [-0.4, -0.2) is 34.7 Å². The van der Waals surface area contributed by atoms with Gasteiger partial charge in [-0.15, -0.1) is 0 Å². The number of carbonyl (C=O) groups excluding carboxylic acids is 2. The Bertz CT molecular complexity index is 2070. The van der Waals surface area contributed by atoms with Gasteiger partial charge in [0.05, 0.1) is 12.1 Å². The minimum Gasteiger partial charge on any atom is -0.508 e. The van der Waals surface area contributed by atoms with Crippen molar-refractivity contribution in [3.63, 3.8) is 0 Å². The predicted octanol–water partition coefficient (Wildman–Crippen LogP) is 10.6. The van der Waals surface area contributed by atoms with Crippen LogP contribution in [0.1, 0.15) is 132 Å². The smallest absolute Gasteiger partial charge is 0.340 e. The van der Waals surface area contributed by atoms with E-state index in [-0.39, 0.29) is 35.4 Å². The lowest BCUT2D eigenvalue weighted by atomic mass is 9.47. The lowest BCUT2D eigenvalue weighted by molar-refractivity contribution is -0.115. The highest BCUT2D eigenvalue weighted by atomic mass is 16.6. The van der Waals surface area contributed by atoms with Crippen molar-refractivity contribution in [1.82, 2.24) is 5.32 Å². The van der Waals surface area contributed by atoms with Crippen LogP contribution in [0.5, 0.6) is 23.0 Å². The third kappa shape index (κ3) is 6.27. The summed E-state index contributed by atoms with van der Waals surface area (Å²) in [6.45, 7) is 12.7. The molecule has 1 spiro atoms. The highest BCUT2D eigenvalue weighted by Crippen LogP contribution is 2.67. The molecule has 4 aliphatic carbocycles. The normalized spacial score (nSPS) is 30.8. The number of benzene rings is 3. The van der Waals surface area contributed by atoms with Crippen LogP contribution in [0.2, 0.25) is 0 Å². The van der Waals surface area contributed by atoms with Gasteiger partial charge in [-0.1, -0.05) is 71.6 Å². The molecule has 0 unspecified atom stereocenters. The number of amides is 1. The molecule has 2 aliphatic heterocycles. The lowest BCUT2D eigenvalue weighted by Gasteiger charge is -2.58. The summed E-state index contributed by atoms with van der Waals surface area (Å²) >= 11 is 0. The topological polar surface area (TPSA) is 117 Å². The number of phenolic OH excluding ortho intramolecular Hbond substituents is 2. The van der Waals surface area contributed by atoms with Gasteiger partial charge in [-0.25, -0.2) is 4.79 Å². The number of allylic oxidation sites excluding steroid dienone is 1. The van der Waals surface area contributed by atoms with E-state index >= 15 is 0 Å². The fourth-order valence-corrected chi connectivity index (χ4v) is 13.1. The van der Waals surface area contributed by atoms with E-state index in [1.807, 2.05) is 0 Å². The van der Waals surface area contributed by atoms with Crippen LogP contribution in [0, 0.1) is 46.3 Å². The van der Waals surface area contributed by atoms with E-state index in [1.165, 1.54) is 82.1 Å². The number of rotatable bonds is 9. The monoisotopic (exact) mass is 772 g/mol. The number of carbonyl (C=O) groups is 2. The van der Waals surface area contributed by atoms with E-state index in [1.54, 1.807) is 35.9 Å². The minimum absolute atomic E-state index is 0.00151. The molecule has 3 aromatic carbocycles. The first-order chi connectivity index (χ1) is 27.3. The number of nitrogens with one attached hydrogen (secondary N) is 2. The van der Waals surface area contributed by atoms with Gasteiger partial charge in [-0.3, -0.25) is 4.79 Å². The first-order valence-electron chi connectivity index (χ1n) is 21.8.